The summed E-state index contributed by atoms with van der Waals surface area (Å²) in [6, 6.07) is 3.99. The maximum atomic E-state index is 5.87. The molecule has 0 bridgehead atoms. The van der Waals surface area contributed by atoms with Gasteiger partial charge in [0, 0.05) is 24.3 Å². The zero-order valence-electron chi connectivity index (χ0n) is 8.70. The van der Waals surface area contributed by atoms with Crippen molar-refractivity contribution >= 4 is 22.6 Å². The number of pyridine rings is 1. The minimum atomic E-state index is 0.690. The second-order valence-corrected chi connectivity index (χ2v) is 3.97. The van der Waals surface area contributed by atoms with Gasteiger partial charge in [-0.15, -0.1) is 0 Å². The predicted octanol–water partition coefficient (Wildman–Crippen LogP) is 2.30. The Hall–Kier alpha value is -1.06. The zero-order valence-corrected chi connectivity index (χ0v) is 9.46. The van der Waals surface area contributed by atoms with Crippen molar-refractivity contribution in [3.8, 4) is 0 Å². The smallest absolute Gasteiger partial charge is 0.139 e. The van der Waals surface area contributed by atoms with Crippen LogP contribution in [0.4, 0.5) is 0 Å². The van der Waals surface area contributed by atoms with Crippen LogP contribution < -0.4 is 5.32 Å². The first-order valence-corrected chi connectivity index (χ1v) is 5.44. The molecule has 0 unspecified atom stereocenters. The van der Waals surface area contributed by atoms with E-state index in [0.29, 0.717) is 5.02 Å². The van der Waals surface area contributed by atoms with Crippen molar-refractivity contribution in [2.45, 2.75) is 13.0 Å². The average Bonchev–Trinajstić information content (AvgIpc) is 2.61. The molecule has 0 fully saturated rings. The number of aromatic nitrogens is 2. The van der Waals surface area contributed by atoms with E-state index in [1.165, 1.54) is 0 Å². The van der Waals surface area contributed by atoms with Crippen LogP contribution in [0.15, 0.2) is 24.5 Å². The van der Waals surface area contributed by atoms with Crippen molar-refractivity contribution in [1.29, 1.82) is 0 Å². The highest BCUT2D eigenvalue weighted by Gasteiger charge is 2.02. The first kappa shape index (κ1) is 10.5. The van der Waals surface area contributed by atoms with Crippen LogP contribution in [-0.4, -0.2) is 23.1 Å². The van der Waals surface area contributed by atoms with Gasteiger partial charge in [0.05, 0.1) is 5.02 Å². The topological polar surface area (TPSA) is 29.9 Å². The lowest BCUT2D eigenvalue weighted by Crippen LogP contribution is -2.10. The molecular weight excluding hydrogens is 210 g/mol. The maximum absolute atomic E-state index is 5.87. The molecule has 0 aliphatic rings. The Bertz CT molecular complexity index is 450. The highest BCUT2D eigenvalue weighted by Crippen LogP contribution is 2.17. The Kier molecular flexibility index (Phi) is 3.23. The van der Waals surface area contributed by atoms with Crippen molar-refractivity contribution in [1.82, 2.24) is 14.9 Å². The van der Waals surface area contributed by atoms with Gasteiger partial charge in [0.2, 0.25) is 0 Å². The Balaban J connectivity index is 2.21. The van der Waals surface area contributed by atoms with Gasteiger partial charge in [0.15, 0.2) is 0 Å². The van der Waals surface area contributed by atoms with Gasteiger partial charge in [-0.25, -0.2) is 4.98 Å². The predicted molar refractivity (Wildman–Crippen MR) is 63.3 cm³/mol. The van der Waals surface area contributed by atoms with E-state index in [1.807, 2.05) is 19.2 Å². The normalized spacial score (nSPS) is 11.1. The second-order valence-electron chi connectivity index (χ2n) is 3.53. The molecule has 0 saturated heterocycles. The summed E-state index contributed by atoms with van der Waals surface area (Å²) in [6.45, 7) is 2.01. The number of hydrogen-bond acceptors (Lipinski definition) is 2. The summed E-state index contributed by atoms with van der Waals surface area (Å²) in [6.07, 6.45) is 4.85. The van der Waals surface area contributed by atoms with Gasteiger partial charge in [-0.05, 0) is 32.1 Å². The van der Waals surface area contributed by atoms with Gasteiger partial charge in [0.1, 0.15) is 5.65 Å². The molecule has 0 aromatic carbocycles. The molecule has 0 aliphatic heterocycles. The quantitative estimate of drug-likeness (QED) is 0.807. The van der Waals surface area contributed by atoms with Crippen molar-refractivity contribution in [2.24, 2.45) is 0 Å². The van der Waals surface area contributed by atoms with Crippen molar-refractivity contribution in [2.75, 3.05) is 13.6 Å². The molecule has 0 amide bonds. The highest BCUT2D eigenvalue weighted by molar-refractivity contribution is 6.31. The molecule has 2 aromatic heterocycles. The molecule has 4 heteroatoms. The van der Waals surface area contributed by atoms with E-state index in [9.17, 15) is 0 Å². The number of halogens is 1. The van der Waals surface area contributed by atoms with E-state index < -0.39 is 0 Å². The van der Waals surface area contributed by atoms with Gasteiger partial charge in [-0.3, -0.25) is 0 Å². The lowest BCUT2D eigenvalue weighted by atomic mass is 10.3. The van der Waals surface area contributed by atoms with Crippen molar-refractivity contribution in [3.05, 3.63) is 29.5 Å². The highest BCUT2D eigenvalue weighted by atomic mass is 35.5. The molecule has 2 aromatic rings. The van der Waals surface area contributed by atoms with E-state index in [-0.39, 0.29) is 0 Å². The zero-order chi connectivity index (χ0) is 10.7. The molecule has 3 nitrogen and oxygen atoms in total. The summed E-state index contributed by atoms with van der Waals surface area (Å²) in [4.78, 5) is 4.33. The molecule has 0 radical (unpaired) electrons. The Labute approximate surface area is 94.1 Å². The van der Waals surface area contributed by atoms with E-state index in [0.717, 1.165) is 30.5 Å². The second kappa shape index (κ2) is 4.64. The number of nitrogens with one attached hydrogen (secondary N) is 1. The number of hydrogen-bond donors (Lipinski definition) is 1. The third-order valence-corrected chi connectivity index (χ3v) is 2.60. The minimum Gasteiger partial charge on any atom is -0.332 e. The fraction of sp³-hybridized carbons (Fsp3) is 0.364. The van der Waals surface area contributed by atoms with Gasteiger partial charge in [-0.1, -0.05) is 11.6 Å². The van der Waals surface area contributed by atoms with Crippen LogP contribution in [0.2, 0.25) is 5.02 Å². The van der Waals surface area contributed by atoms with Crippen LogP contribution in [0.25, 0.3) is 11.0 Å². The molecule has 0 aliphatic carbocycles. The fourth-order valence-corrected chi connectivity index (χ4v) is 1.82. The van der Waals surface area contributed by atoms with Crippen LogP contribution >= 0.6 is 11.6 Å². The first-order valence-electron chi connectivity index (χ1n) is 5.06. The van der Waals surface area contributed by atoms with E-state index in [1.54, 1.807) is 6.20 Å². The SMILES string of the molecule is CNCCCn1ccc2cc(Cl)cnc21. The number of aryl methyl sites for hydroxylation is 1. The third-order valence-electron chi connectivity index (χ3n) is 2.39. The number of rotatable bonds is 4. The van der Waals surface area contributed by atoms with Crippen LogP contribution in [0.1, 0.15) is 6.42 Å². The summed E-state index contributed by atoms with van der Waals surface area (Å²) >= 11 is 5.87. The molecule has 0 saturated carbocycles. The summed E-state index contributed by atoms with van der Waals surface area (Å²) in [7, 11) is 1.96. The third kappa shape index (κ3) is 2.30. The summed E-state index contributed by atoms with van der Waals surface area (Å²) in [5, 5.41) is 4.93. The van der Waals surface area contributed by atoms with Gasteiger partial charge < -0.3 is 9.88 Å². The van der Waals surface area contributed by atoms with Gasteiger partial charge in [-0.2, -0.15) is 0 Å². The number of fused-ring (bicyclic) bond motifs is 1. The van der Waals surface area contributed by atoms with E-state index in [4.69, 9.17) is 11.6 Å². The molecule has 1 N–H and O–H groups in total. The van der Waals surface area contributed by atoms with Crippen LogP contribution in [0, 0.1) is 0 Å². The Morgan fingerprint density at radius 2 is 2.40 bits per heavy atom. The van der Waals surface area contributed by atoms with Crippen LogP contribution in [-0.2, 0) is 6.54 Å². The molecule has 0 atom stereocenters. The molecule has 15 heavy (non-hydrogen) atoms. The van der Waals surface area contributed by atoms with E-state index >= 15 is 0 Å². The monoisotopic (exact) mass is 223 g/mol. The molecule has 2 rings (SSSR count). The van der Waals surface area contributed by atoms with Gasteiger partial charge in [0.25, 0.3) is 0 Å². The minimum absolute atomic E-state index is 0.690. The Morgan fingerprint density at radius 3 is 3.20 bits per heavy atom. The summed E-state index contributed by atoms with van der Waals surface area (Å²) in [5.41, 5.74) is 1.01. The number of nitrogens with zero attached hydrogens (tertiary/aromatic N) is 2. The molecular formula is C11H14ClN3. The van der Waals surface area contributed by atoms with Crippen molar-refractivity contribution < 1.29 is 0 Å². The lowest BCUT2D eigenvalue weighted by Gasteiger charge is -2.03. The standard InChI is InChI=1S/C11H14ClN3/c1-13-4-2-5-15-6-3-9-7-10(12)8-14-11(9)15/h3,6-8,13H,2,4-5H2,1H3. The molecule has 0 spiro atoms. The first-order chi connectivity index (χ1) is 7.31. The Morgan fingerprint density at radius 1 is 1.53 bits per heavy atom. The largest absolute Gasteiger partial charge is 0.332 e. The van der Waals surface area contributed by atoms with Crippen LogP contribution in [0.3, 0.4) is 0 Å². The van der Waals surface area contributed by atoms with E-state index in [2.05, 4.69) is 21.1 Å². The van der Waals surface area contributed by atoms with Crippen molar-refractivity contribution in [3.63, 3.8) is 0 Å². The lowest BCUT2D eigenvalue weighted by molar-refractivity contribution is 0.624. The molecule has 80 valence electrons. The summed E-state index contributed by atoms with van der Waals surface area (Å²) in [5.74, 6) is 0. The maximum Gasteiger partial charge on any atom is 0.139 e. The fourth-order valence-electron chi connectivity index (χ4n) is 1.66. The average molecular weight is 224 g/mol. The summed E-state index contributed by atoms with van der Waals surface area (Å²) < 4.78 is 2.16. The van der Waals surface area contributed by atoms with Crippen LogP contribution in [0.5, 0.6) is 0 Å². The molecule has 2 heterocycles. The van der Waals surface area contributed by atoms with Gasteiger partial charge >= 0.3 is 0 Å².